The van der Waals surface area contributed by atoms with E-state index in [4.69, 9.17) is 9.47 Å². The number of unbranched alkanes of at least 4 members (excludes halogenated alkanes) is 1. The van der Waals surface area contributed by atoms with Crippen LogP contribution < -0.4 is 24.5 Å². The van der Waals surface area contributed by atoms with Gasteiger partial charge in [0.25, 0.3) is 0 Å². The van der Waals surface area contributed by atoms with Gasteiger partial charge in [0.05, 0.1) is 12.5 Å². The van der Waals surface area contributed by atoms with Gasteiger partial charge in [0.2, 0.25) is 18.3 Å². The van der Waals surface area contributed by atoms with Crippen LogP contribution in [0.25, 0.3) is 0 Å². The van der Waals surface area contributed by atoms with Crippen LogP contribution in [0, 0.1) is 5.92 Å². The number of ether oxygens (including phenoxy) is 2. The Morgan fingerprint density at radius 1 is 1.12 bits per heavy atom. The molecule has 1 saturated heterocycles. The molecule has 3 aromatic rings. The largest absolute Gasteiger partial charge is 0.481 e. The normalized spacial score (nSPS) is 19.8. The summed E-state index contributed by atoms with van der Waals surface area (Å²) in [5, 5.41) is 10.5. The highest BCUT2D eigenvalue weighted by Crippen LogP contribution is 2.42. The molecule has 0 aliphatic carbocycles. The van der Waals surface area contributed by atoms with Gasteiger partial charge in [-0.1, -0.05) is 25.5 Å². The molecule has 0 bridgehead atoms. The lowest BCUT2D eigenvalue weighted by atomic mass is 9.84. The average molecular weight is 562 g/mol. The number of likely N-dealkylation sites (tertiary alicyclic amines) is 1. The van der Waals surface area contributed by atoms with Crippen LogP contribution in [0.1, 0.15) is 37.7 Å². The summed E-state index contributed by atoms with van der Waals surface area (Å²) in [5.74, 6) is -0.926. The number of aliphatic carboxylic acids is 1. The molecule has 0 unspecified atom stereocenters. The summed E-state index contributed by atoms with van der Waals surface area (Å²) >= 11 is 0. The van der Waals surface area contributed by atoms with E-state index < -0.39 is 17.9 Å². The second kappa shape index (κ2) is 12.6. The number of anilines is 1. The zero-order valence-electron chi connectivity index (χ0n) is 23.5. The van der Waals surface area contributed by atoms with Crippen LogP contribution in [-0.2, 0) is 23.2 Å². The van der Waals surface area contributed by atoms with E-state index in [9.17, 15) is 19.5 Å². The standard InChI is InChI=1S/C31H36N4O6/c1-3-4-15-35(23-8-7-13-32(2)18-23)29(37)20-34-19-24(22-10-11-26-27(17-22)41-21-40-26)30(31(38)39)25(34)12-16-33-14-6-5-9-28(33)36/h5-11,13-14,17-18,24-25,30H,3-4,12,15-16,19-21H2,1-2H3/p+1/t24-,25+,30-/m1/s1. The van der Waals surface area contributed by atoms with Gasteiger partial charge in [-0.05, 0) is 42.7 Å². The molecule has 0 saturated carbocycles. The molecule has 0 spiro atoms. The highest BCUT2D eigenvalue weighted by molar-refractivity contribution is 5.94. The summed E-state index contributed by atoms with van der Waals surface area (Å²) in [6, 6.07) is 13.9. The summed E-state index contributed by atoms with van der Waals surface area (Å²) in [4.78, 5) is 42.9. The third-order valence-electron chi connectivity index (χ3n) is 8.03. The maximum Gasteiger partial charge on any atom is 0.308 e. The molecule has 0 radical (unpaired) electrons. The van der Waals surface area contributed by atoms with Gasteiger partial charge in [-0.3, -0.25) is 19.3 Å². The molecule has 10 heteroatoms. The Morgan fingerprint density at radius 3 is 2.71 bits per heavy atom. The molecule has 1 fully saturated rings. The Hall–Kier alpha value is -4.18. The van der Waals surface area contributed by atoms with Crippen molar-refractivity contribution < 1.29 is 28.7 Å². The van der Waals surface area contributed by atoms with Crippen molar-refractivity contribution in [2.75, 3.05) is 31.3 Å². The Balaban J connectivity index is 1.46. The zero-order valence-corrected chi connectivity index (χ0v) is 23.5. The molecule has 216 valence electrons. The van der Waals surface area contributed by atoms with Crippen LogP contribution in [0.3, 0.4) is 0 Å². The highest BCUT2D eigenvalue weighted by atomic mass is 16.7. The molecule has 1 aromatic carbocycles. The summed E-state index contributed by atoms with van der Waals surface area (Å²) in [7, 11) is 1.92. The third kappa shape index (κ3) is 6.27. The fourth-order valence-electron chi connectivity index (χ4n) is 5.96. The topological polar surface area (TPSA) is 105 Å². The lowest BCUT2D eigenvalue weighted by molar-refractivity contribution is -0.670. The molecular formula is C31H37N4O6+. The number of hydrogen-bond acceptors (Lipinski definition) is 6. The number of amides is 1. The number of aromatic nitrogens is 2. The van der Waals surface area contributed by atoms with Crippen LogP contribution in [0.4, 0.5) is 5.69 Å². The second-order valence-electron chi connectivity index (χ2n) is 10.7. The number of nitrogens with zero attached hydrogens (tertiary/aromatic N) is 4. The summed E-state index contributed by atoms with van der Waals surface area (Å²) < 4.78 is 14.5. The molecule has 3 atom stereocenters. The highest BCUT2D eigenvalue weighted by Gasteiger charge is 2.47. The summed E-state index contributed by atoms with van der Waals surface area (Å²) in [6.07, 6.45) is 7.74. The van der Waals surface area contributed by atoms with E-state index >= 15 is 0 Å². The van der Waals surface area contributed by atoms with Crippen molar-refractivity contribution in [2.45, 2.75) is 44.7 Å². The van der Waals surface area contributed by atoms with Crippen molar-refractivity contribution >= 4 is 17.6 Å². The van der Waals surface area contributed by atoms with Crippen molar-refractivity contribution in [3.63, 3.8) is 0 Å². The smallest absolute Gasteiger partial charge is 0.308 e. The summed E-state index contributed by atoms with van der Waals surface area (Å²) in [6.45, 7) is 3.60. The first-order valence-corrected chi connectivity index (χ1v) is 14.1. The molecule has 2 aromatic heterocycles. The minimum Gasteiger partial charge on any atom is -0.481 e. The van der Waals surface area contributed by atoms with Crippen LogP contribution in [0.5, 0.6) is 11.5 Å². The lowest BCUT2D eigenvalue weighted by Gasteiger charge is -2.29. The summed E-state index contributed by atoms with van der Waals surface area (Å²) in [5.41, 5.74) is 1.49. The average Bonchev–Trinajstić information content (AvgIpc) is 3.57. The Labute approximate surface area is 239 Å². The molecule has 10 nitrogen and oxygen atoms in total. The molecule has 41 heavy (non-hydrogen) atoms. The predicted molar refractivity (Wildman–Crippen MR) is 152 cm³/mol. The van der Waals surface area contributed by atoms with Gasteiger partial charge in [0.15, 0.2) is 23.9 Å². The van der Waals surface area contributed by atoms with Gasteiger partial charge in [-0.2, -0.15) is 0 Å². The van der Waals surface area contributed by atoms with Crippen molar-refractivity contribution in [1.82, 2.24) is 9.47 Å². The van der Waals surface area contributed by atoms with Crippen LogP contribution >= 0.6 is 0 Å². The first-order chi connectivity index (χ1) is 19.9. The Bertz CT molecular complexity index is 1460. The monoisotopic (exact) mass is 561 g/mol. The second-order valence-corrected chi connectivity index (χ2v) is 10.7. The van der Waals surface area contributed by atoms with E-state index in [1.165, 1.54) is 6.07 Å². The van der Waals surface area contributed by atoms with Gasteiger partial charge in [-0.25, -0.2) is 4.57 Å². The first-order valence-electron chi connectivity index (χ1n) is 14.1. The maximum absolute atomic E-state index is 13.9. The van der Waals surface area contributed by atoms with E-state index in [0.717, 1.165) is 24.1 Å². The fourth-order valence-corrected chi connectivity index (χ4v) is 5.96. The molecule has 1 amide bonds. The Morgan fingerprint density at radius 2 is 1.95 bits per heavy atom. The molecular weight excluding hydrogens is 524 g/mol. The van der Waals surface area contributed by atoms with E-state index in [1.807, 2.05) is 59.2 Å². The molecule has 2 aliphatic rings. The third-order valence-corrected chi connectivity index (χ3v) is 8.03. The van der Waals surface area contributed by atoms with Gasteiger partial charge >= 0.3 is 5.97 Å². The van der Waals surface area contributed by atoms with E-state index in [0.29, 0.717) is 37.6 Å². The van der Waals surface area contributed by atoms with Crippen LogP contribution in [0.15, 0.2) is 71.9 Å². The van der Waals surface area contributed by atoms with Crippen LogP contribution in [-0.4, -0.2) is 58.9 Å². The maximum atomic E-state index is 13.9. The van der Waals surface area contributed by atoms with Crippen molar-refractivity contribution in [1.29, 1.82) is 0 Å². The zero-order chi connectivity index (χ0) is 28.9. The van der Waals surface area contributed by atoms with E-state index in [1.54, 1.807) is 27.8 Å². The van der Waals surface area contributed by atoms with Gasteiger partial charge in [0, 0.05) is 49.9 Å². The number of benzene rings is 1. The number of fused-ring (bicyclic) bond motifs is 1. The number of carbonyl (C=O) groups is 2. The fraction of sp³-hybridized carbons (Fsp3) is 0.419. The van der Waals surface area contributed by atoms with Crippen molar-refractivity contribution in [3.05, 3.63) is 83.0 Å². The van der Waals surface area contributed by atoms with E-state index in [2.05, 4.69) is 6.92 Å². The van der Waals surface area contributed by atoms with Crippen LogP contribution in [0.2, 0.25) is 0 Å². The quantitative estimate of drug-likeness (QED) is 0.359. The lowest BCUT2D eigenvalue weighted by Crippen LogP contribution is -2.45. The minimum atomic E-state index is -0.925. The number of pyridine rings is 2. The van der Waals surface area contributed by atoms with E-state index in [-0.39, 0.29) is 30.7 Å². The molecule has 2 aliphatic heterocycles. The minimum absolute atomic E-state index is 0.0709. The first kappa shape index (κ1) is 28.4. The van der Waals surface area contributed by atoms with Gasteiger partial charge in [-0.15, -0.1) is 0 Å². The Kier molecular flexibility index (Phi) is 8.68. The molecule has 4 heterocycles. The van der Waals surface area contributed by atoms with Crippen molar-refractivity contribution in [3.8, 4) is 11.5 Å². The number of carboxylic acid groups (broad SMARTS) is 1. The predicted octanol–water partition coefficient (Wildman–Crippen LogP) is 2.79. The number of rotatable bonds is 11. The molecule has 1 N–H and O–H groups in total. The van der Waals surface area contributed by atoms with Gasteiger partial charge in [0.1, 0.15) is 12.7 Å². The van der Waals surface area contributed by atoms with Gasteiger partial charge < -0.3 is 24.0 Å². The SMILES string of the molecule is CCCCN(C(=O)CN1C[C@H](c2ccc3c(c2)OCO3)[C@@H](C(=O)O)[C@@H]1CCn1ccccc1=O)c1ccc[n+](C)c1. The molecule has 5 rings (SSSR count). The number of carboxylic acids is 1. The number of carbonyl (C=O) groups excluding carboxylic acids is 1. The number of aryl methyl sites for hydroxylation is 2. The number of hydrogen-bond donors (Lipinski definition) is 1. The van der Waals surface area contributed by atoms with Crippen molar-refractivity contribution in [2.24, 2.45) is 13.0 Å².